The Kier molecular flexibility index (Phi) is 4.97. The molecule has 21 heavy (non-hydrogen) atoms. The molecule has 0 aliphatic rings. The molecule has 0 atom stereocenters. The highest BCUT2D eigenvalue weighted by molar-refractivity contribution is 5.92. The van der Waals surface area contributed by atoms with Gasteiger partial charge in [-0.15, -0.1) is 0 Å². The number of nitrogens with two attached hydrogens (primary N) is 1. The summed E-state index contributed by atoms with van der Waals surface area (Å²) in [6.07, 6.45) is 7.05. The Morgan fingerprint density at radius 3 is 2.81 bits per heavy atom. The topological polar surface area (TPSA) is 88.0 Å². The molecule has 0 spiro atoms. The number of hydrogen-bond acceptors (Lipinski definition) is 5. The zero-order valence-corrected chi connectivity index (χ0v) is 12.5. The molecule has 0 saturated carbocycles. The van der Waals surface area contributed by atoms with E-state index in [1.807, 2.05) is 22.3 Å². The summed E-state index contributed by atoms with van der Waals surface area (Å²) >= 11 is 0. The van der Waals surface area contributed by atoms with Crippen molar-refractivity contribution < 1.29 is 9.53 Å². The van der Waals surface area contributed by atoms with Crippen LogP contribution in [0.4, 0.5) is 5.82 Å². The molecule has 114 valence electrons. The van der Waals surface area contributed by atoms with Gasteiger partial charge in [-0.25, -0.2) is 14.8 Å². The summed E-state index contributed by atoms with van der Waals surface area (Å²) in [7, 11) is 0. The maximum Gasteiger partial charge on any atom is 0.360 e. The third-order valence-corrected chi connectivity index (χ3v) is 3.23. The molecular formula is C14H21N5O2. The van der Waals surface area contributed by atoms with E-state index in [1.54, 1.807) is 19.4 Å². The van der Waals surface area contributed by atoms with E-state index in [-0.39, 0.29) is 5.69 Å². The molecule has 0 amide bonds. The van der Waals surface area contributed by atoms with Crippen LogP contribution in [0.3, 0.4) is 0 Å². The lowest BCUT2D eigenvalue weighted by atomic mass is 10.3. The van der Waals surface area contributed by atoms with Gasteiger partial charge in [0.25, 0.3) is 0 Å². The number of ether oxygens (including phenoxy) is 1. The Bertz CT molecular complexity index is 589. The summed E-state index contributed by atoms with van der Waals surface area (Å²) in [6.45, 7) is 5.61. The molecule has 2 N–H and O–H groups in total. The van der Waals surface area contributed by atoms with Gasteiger partial charge in [-0.2, -0.15) is 0 Å². The zero-order chi connectivity index (χ0) is 15.2. The highest BCUT2D eigenvalue weighted by Gasteiger charge is 2.20. The van der Waals surface area contributed by atoms with Gasteiger partial charge in [0.05, 0.1) is 12.9 Å². The van der Waals surface area contributed by atoms with E-state index < -0.39 is 5.97 Å². The maximum absolute atomic E-state index is 11.8. The number of esters is 1. The van der Waals surface area contributed by atoms with Gasteiger partial charge in [-0.05, 0) is 13.3 Å². The van der Waals surface area contributed by atoms with E-state index in [9.17, 15) is 4.79 Å². The number of aromatic nitrogens is 4. The SMILES string of the molecule is CCOC(=O)c1nc(CC)n(CCCn2ccnc2)c1N. The van der Waals surface area contributed by atoms with E-state index in [1.165, 1.54) is 0 Å². The van der Waals surface area contributed by atoms with Crippen LogP contribution in [-0.2, 0) is 24.2 Å². The molecule has 0 bridgehead atoms. The summed E-state index contributed by atoms with van der Waals surface area (Å²) in [5, 5.41) is 0. The molecule has 0 unspecified atom stereocenters. The van der Waals surface area contributed by atoms with Crippen molar-refractivity contribution in [3.8, 4) is 0 Å². The molecule has 0 aliphatic heterocycles. The molecule has 0 radical (unpaired) electrons. The lowest BCUT2D eigenvalue weighted by Gasteiger charge is -2.09. The minimum absolute atomic E-state index is 0.219. The van der Waals surface area contributed by atoms with Gasteiger partial charge in [-0.1, -0.05) is 6.92 Å². The number of nitrogen functional groups attached to an aromatic ring is 1. The predicted molar refractivity (Wildman–Crippen MR) is 78.8 cm³/mol. The molecule has 2 aromatic rings. The zero-order valence-electron chi connectivity index (χ0n) is 12.5. The van der Waals surface area contributed by atoms with Crippen molar-refractivity contribution in [2.45, 2.75) is 39.8 Å². The first-order valence-corrected chi connectivity index (χ1v) is 7.15. The van der Waals surface area contributed by atoms with Gasteiger partial charge in [0, 0.05) is 31.9 Å². The standard InChI is InChI=1S/C14H21N5O2/c1-3-11-17-12(14(20)21-4-2)13(15)19(11)8-5-7-18-9-6-16-10-18/h6,9-10H,3-5,7-8,15H2,1-2H3. The Labute approximate surface area is 123 Å². The summed E-state index contributed by atoms with van der Waals surface area (Å²) in [4.78, 5) is 20.1. The number of carbonyl (C=O) groups is 1. The van der Waals surface area contributed by atoms with E-state index in [0.717, 1.165) is 18.8 Å². The van der Waals surface area contributed by atoms with Crippen molar-refractivity contribution in [1.29, 1.82) is 0 Å². The number of aryl methyl sites for hydroxylation is 2. The summed E-state index contributed by atoms with van der Waals surface area (Å²) in [6, 6.07) is 0. The van der Waals surface area contributed by atoms with Gasteiger partial charge >= 0.3 is 5.97 Å². The molecular weight excluding hydrogens is 270 g/mol. The van der Waals surface area contributed by atoms with E-state index in [4.69, 9.17) is 10.5 Å². The van der Waals surface area contributed by atoms with Crippen LogP contribution in [0.25, 0.3) is 0 Å². The normalized spacial score (nSPS) is 10.8. The van der Waals surface area contributed by atoms with Gasteiger partial charge in [-0.3, -0.25) is 0 Å². The highest BCUT2D eigenvalue weighted by atomic mass is 16.5. The quantitative estimate of drug-likeness (QED) is 0.781. The van der Waals surface area contributed by atoms with Crippen molar-refractivity contribution in [3.05, 3.63) is 30.2 Å². The molecule has 2 aromatic heterocycles. The van der Waals surface area contributed by atoms with Crippen molar-refractivity contribution >= 4 is 11.8 Å². The largest absolute Gasteiger partial charge is 0.461 e. The first-order chi connectivity index (χ1) is 10.2. The first kappa shape index (κ1) is 15.1. The number of imidazole rings is 2. The molecule has 2 heterocycles. The lowest BCUT2D eigenvalue weighted by molar-refractivity contribution is 0.0521. The third kappa shape index (κ3) is 3.42. The van der Waals surface area contributed by atoms with Crippen LogP contribution >= 0.6 is 0 Å². The van der Waals surface area contributed by atoms with Gasteiger partial charge in [0.1, 0.15) is 11.6 Å². The van der Waals surface area contributed by atoms with Crippen LogP contribution in [0.15, 0.2) is 18.7 Å². The van der Waals surface area contributed by atoms with E-state index >= 15 is 0 Å². The third-order valence-electron chi connectivity index (χ3n) is 3.23. The minimum Gasteiger partial charge on any atom is -0.461 e. The van der Waals surface area contributed by atoms with Crippen LogP contribution in [0.1, 0.15) is 36.6 Å². The Hall–Kier alpha value is -2.31. The van der Waals surface area contributed by atoms with E-state index in [0.29, 0.717) is 25.4 Å². The van der Waals surface area contributed by atoms with Crippen molar-refractivity contribution in [1.82, 2.24) is 19.1 Å². The number of carbonyl (C=O) groups excluding carboxylic acids is 1. The molecule has 2 rings (SSSR count). The monoisotopic (exact) mass is 291 g/mol. The predicted octanol–water partition coefficient (Wildman–Crippen LogP) is 1.49. The minimum atomic E-state index is -0.460. The average molecular weight is 291 g/mol. The second-order valence-electron chi connectivity index (χ2n) is 4.64. The van der Waals surface area contributed by atoms with Crippen LogP contribution in [0, 0.1) is 0 Å². The van der Waals surface area contributed by atoms with Gasteiger partial charge in [0.15, 0.2) is 5.69 Å². The van der Waals surface area contributed by atoms with E-state index in [2.05, 4.69) is 9.97 Å². The second-order valence-corrected chi connectivity index (χ2v) is 4.64. The smallest absolute Gasteiger partial charge is 0.360 e. The Morgan fingerprint density at radius 2 is 2.19 bits per heavy atom. The molecule has 0 aliphatic carbocycles. The average Bonchev–Trinajstić information content (AvgIpc) is 3.08. The number of rotatable bonds is 7. The Morgan fingerprint density at radius 1 is 1.38 bits per heavy atom. The Balaban J connectivity index is 2.08. The fraction of sp³-hybridized carbons (Fsp3) is 0.500. The molecule has 0 saturated heterocycles. The number of nitrogens with zero attached hydrogens (tertiary/aromatic N) is 4. The molecule has 0 fully saturated rings. The highest BCUT2D eigenvalue weighted by Crippen LogP contribution is 2.17. The second kappa shape index (κ2) is 6.92. The maximum atomic E-state index is 11.8. The number of hydrogen-bond donors (Lipinski definition) is 1. The first-order valence-electron chi connectivity index (χ1n) is 7.15. The lowest BCUT2D eigenvalue weighted by Crippen LogP contribution is -2.11. The van der Waals surface area contributed by atoms with Crippen LogP contribution < -0.4 is 5.73 Å². The summed E-state index contributed by atoms with van der Waals surface area (Å²) < 4.78 is 8.87. The fourth-order valence-electron chi connectivity index (χ4n) is 2.21. The number of anilines is 1. The molecule has 7 heteroatoms. The fourth-order valence-corrected chi connectivity index (χ4v) is 2.21. The van der Waals surface area contributed by atoms with Crippen LogP contribution in [0.5, 0.6) is 0 Å². The van der Waals surface area contributed by atoms with Crippen molar-refractivity contribution in [2.24, 2.45) is 0 Å². The molecule has 7 nitrogen and oxygen atoms in total. The van der Waals surface area contributed by atoms with Crippen molar-refractivity contribution in [2.75, 3.05) is 12.3 Å². The molecule has 0 aromatic carbocycles. The summed E-state index contributed by atoms with van der Waals surface area (Å²) in [5.41, 5.74) is 6.27. The van der Waals surface area contributed by atoms with Crippen LogP contribution in [-0.4, -0.2) is 31.7 Å². The summed E-state index contributed by atoms with van der Waals surface area (Å²) in [5.74, 6) is 0.732. The van der Waals surface area contributed by atoms with Crippen LogP contribution in [0.2, 0.25) is 0 Å². The van der Waals surface area contributed by atoms with Gasteiger partial charge in [0.2, 0.25) is 0 Å². The van der Waals surface area contributed by atoms with Gasteiger partial charge < -0.3 is 19.6 Å². The van der Waals surface area contributed by atoms with Crippen molar-refractivity contribution in [3.63, 3.8) is 0 Å².